The zero-order chi connectivity index (χ0) is 13.1. The van der Waals surface area contributed by atoms with Crippen LogP contribution in [-0.4, -0.2) is 4.98 Å². The van der Waals surface area contributed by atoms with Gasteiger partial charge in [0.25, 0.3) is 0 Å². The second-order valence-corrected chi connectivity index (χ2v) is 5.39. The molecule has 18 heavy (non-hydrogen) atoms. The van der Waals surface area contributed by atoms with Crippen molar-refractivity contribution in [3.8, 4) is 0 Å². The zero-order valence-electron chi connectivity index (χ0n) is 9.73. The van der Waals surface area contributed by atoms with Gasteiger partial charge >= 0.3 is 0 Å². The zero-order valence-corrected chi connectivity index (χ0v) is 11.3. The first-order valence-corrected chi connectivity index (χ1v) is 6.60. The van der Waals surface area contributed by atoms with Crippen LogP contribution in [0.1, 0.15) is 18.5 Å². The molecule has 2 aromatic rings. The Labute approximate surface area is 114 Å². The Hall–Kier alpha value is -1.10. The summed E-state index contributed by atoms with van der Waals surface area (Å²) < 4.78 is 13.2. The van der Waals surface area contributed by atoms with Gasteiger partial charge < -0.3 is 5.73 Å². The van der Waals surface area contributed by atoms with Gasteiger partial charge in [-0.05, 0) is 42.8 Å². The summed E-state index contributed by atoms with van der Waals surface area (Å²) in [5.74, 6) is -0.282. The van der Waals surface area contributed by atoms with E-state index in [1.165, 1.54) is 23.9 Å². The van der Waals surface area contributed by atoms with E-state index in [1.807, 2.05) is 13.0 Å². The molecule has 1 unspecified atom stereocenters. The molecule has 0 saturated carbocycles. The van der Waals surface area contributed by atoms with Gasteiger partial charge in [0.15, 0.2) is 0 Å². The van der Waals surface area contributed by atoms with Gasteiger partial charge in [-0.2, -0.15) is 0 Å². The normalized spacial score (nSPS) is 12.4. The van der Waals surface area contributed by atoms with E-state index in [0.717, 1.165) is 15.5 Å². The largest absolute Gasteiger partial charge is 0.324 e. The Kier molecular flexibility index (Phi) is 4.22. The van der Waals surface area contributed by atoms with Gasteiger partial charge in [-0.25, -0.2) is 9.37 Å². The maximum absolute atomic E-state index is 13.2. The third-order valence-corrected chi connectivity index (χ3v) is 3.64. The van der Waals surface area contributed by atoms with E-state index in [4.69, 9.17) is 17.3 Å². The number of hydrogen-bond acceptors (Lipinski definition) is 3. The second kappa shape index (κ2) is 5.69. The fourth-order valence-electron chi connectivity index (χ4n) is 1.50. The van der Waals surface area contributed by atoms with Gasteiger partial charge in [0.05, 0.1) is 5.02 Å². The fourth-order valence-corrected chi connectivity index (χ4v) is 2.58. The standard InChI is InChI=1S/C13H12ClFN2S/c1-8(16)11-6-10(15)3-4-12(11)18-13-5-2-9(14)7-17-13/h2-8H,16H2,1H3. The first-order valence-electron chi connectivity index (χ1n) is 5.40. The van der Waals surface area contributed by atoms with E-state index in [-0.39, 0.29) is 11.9 Å². The highest BCUT2D eigenvalue weighted by Crippen LogP contribution is 2.32. The third kappa shape index (κ3) is 3.22. The fraction of sp³-hybridized carbons (Fsp3) is 0.154. The Morgan fingerprint density at radius 3 is 2.72 bits per heavy atom. The van der Waals surface area contributed by atoms with Crippen molar-refractivity contribution in [3.05, 3.63) is 52.9 Å². The molecule has 1 atom stereocenters. The lowest BCUT2D eigenvalue weighted by molar-refractivity contribution is 0.619. The Morgan fingerprint density at radius 1 is 1.33 bits per heavy atom. The van der Waals surface area contributed by atoms with Crippen molar-refractivity contribution in [1.29, 1.82) is 0 Å². The average Bonchev–Trinajstić information content (AvgIpc) is 2.34. The topological polar surface area (TPSA) is 38.9 Å². The predicted octanol–water partition coefficient (Wildman–Crippen LogP) is 4.05. The molecule has 2 nitrogen and oxygen atoms in total. The maximum atomic E-state index is 13.2. The molecule has 0 aliphatic carbocycles. The van der Waals surface area contributed by atoms with Crippen molar-refractivity contribution < 1.29 is 4.39 Å². The van der Waals surface area contributed by atoms with Crippen LogP contribution in [0.4, 0.5) is 4.39 Å². The molecule has 2 rings (SSSR count). The molecular formula is C13H12ClFN2S. The summed E-state index contributed by atoms with van der Waals surface area (Å²) in [6.07, 6.45) is 1.58. The van der Waals surface area contributed by atoms with E-state index in [9.17, 15) is 4.39 Å². The van der Waals surface area contributed by atoms with Gasteiger partial charge in [0.2, 0.25) is 0 Å². The number of benzene rings is 1. The number of hydrogen-bond donors (Lipinski definition) is 1. The first-order chi connectivity index (χ1) is 8.56. The highest BCUT2D eigenvalue weighted by atomic mass is 35.5. The van der Waals surface area contributed by atoms with E-state index < -0.39 is 0 Å². The van der Waals surface area contributed by atoms with Crippen molar-refractivity contribution in [2.75, 3.05) is 0 Å². The Morgan fingerprint density at radius 2 is 2.11 bits per heavy atom. The maximum Gasteiger partial charge on any atom is 0.123 e. The van der Waals surface area contributed by atoms with Gasteiger partial charge in [-0.3, -0.25) is 0 Å². The minimum atomic E-state index is -0.282. The number of halogens is 2. The lowest BCUT2D eigenvalue weighted by Gasteiger charge is -2.12. The van der Waals surface area contributed by atoms with Crippen molar-refractivity contribution in [2.45, 2.75) is 22.9 Å². The SMILES string of the molecule is CC(N)c1cc(F)ccc1Sc1ccc(Cl)cn1. The van der Waals surface area contributed by atoms with Crippen molar-refractivity contribution >= 4 is 23.4 Å². The molecule has 0 spiro atoms. The molecule has 0 aliphatic heterocycles. The molecule has 94 valence electrons. The summed E-state index contributed by atoms with van der Waals surface area (Å²) in [7, 11) is 0. The van der Waals surface area contributed by atoms with E-state index >= 15 is 0 Å². The highest BCUT2D eigenvalue weighted by molar-refractivity contribution is 7.99. The minimum Gasteiger partial charge on any atom is -0.324 e. The summed E-state index contributed by atoms with van der Waals surface area (Å²) >= 11 is 7.22. The number of pyridine rings is 1. The quantitative estimate of drug-likeness (QED) is 0.923. The monoisotopic (exact) mass is 282 g/mol. The van der Waals surface area contributed by atoms with Crippen LogP contribution in [0.15, 0.2) is 46.5 Å². The van der Waals surface area contributed by atoms with Crippen molar-refractivity contribution in [2.24, 2.45) is 5.73 Å². The molecule has 2 N–H and O–H groups in total. The van der Waals surface area contributed by atoms with E-state index in [1.54, 1.807) is 18.3 Å². The summed E-state index contributed by atoms with van der Waals surface area (Å²) in [6.45, 7) is 1.83. The predicted molar refractivity (Wildman–Crippen MR) is 72.4 cm³/mol. The molecule has 0 fully saturated rings. The van der Waals surface area contributed by atoms with Crippen LogP contribution in [-0.2, 0) is 0 Å². The molecule has 0 radical (unpaired) electrons. The lowest BCUT2D eigenvalue weighted by Crippen LogP contribution is -2.06. The molecule has 0 aliphatic rings. The molecule has 0 saturated heterocycles. The van der Waals surface area contributed by atoms with Crippen LogP contribution >= 0.6 is 23.4 Å². The minimum absolute atomic E-state index is 0.226. The smallest absolute Gasteiger partial charge is 0.123 e. The molecule has 0 amide bonds. The van der Waals surface area contributed by atoms with Gasteiger partial charge in [0.1, 0.15) is 10.8 Å². The lowest BCUT2D eigenvalue weighted by atomic mass is 10.1. The molecule has 0 bridgehead atoms. The van der Waals surface area contributed by atoms with E-state index in [0.29, 0.717) is 5.02 Å². The first kappa shape index (κ1) is 13.3. The van der Waals surface area contributed by atoms with Crippen LogP contribution < -0.4 is 5.73 Å². The summed E-state index contributed by atoms with van der Waals surface area (Å²) in [4.78, 5) is 5.10. The van der Waals surface area contributed by atoms with E-state index in [2.05, 4.69) is 4.98 Å². The van der Waals surface area contributed by atoms with Crippen LogP contribution in [0, 0.1) is 5.82 Å². The number of rotatable bonds is 3. The molecule has 1 aromatic carbocycles. The average molecular weight is 283 g/mol. The third-order valence-electron chi connectivity index (χ3n) is 2.38. The van der Waals surface area contributed by atoms with Gasteiger partial charge in [0, 0.05) is 17.1 Å². The van der Waals surface area contributed by atoms with Crippen molar-refractivity contribution in [1.82, 2.24) is 4.98 Å². The van der Waals surface area contributed by atoms with Crippen LogP contribution in [0.2, 0.25) is 5.02 Å². The molecule has 1 aromatic heterocycles. The number of nitrogens with zero attached hydrogens (tertiary/aromatic N) is 1. The van der Waals surface area contributed by atoms with Crippen LogP contribution in [0.5, 0.6) is 0 Å². The Balaban J connectivity index is 2.31. The van der Waals surface area contributed by atoms with Crippen LogP contribution in [0.25, 0.3) is 0 Å². The van der Waals surface area contributed by atoms with Crippen molar-refractivity contribution in [3.63, 3.8) is 0 Å². The van der Waals surface area contributed by atoms with Gasteiger partial charge in [-0.1, -0.05) is 23.4 Å². The number of aromatic nitrogens is 1. The molecule has 5 heteroatoms. The van der Waals surface area contributed by atoms with Gasteiger partial charge in [-0.15, -0.1) is 0 Å². The van der Waals surface area contributed by atoms with Crippen LogP contribution in [0.3, 0.4) is 0 Å². The summed E-state index contributed by atoms with van der Waals surface area (Å²) in [5.41, 5.74) is 6.61. The number of nitrogens with two attached hydrogens (primary N) is 1. The summed E-state index contributed by atoms with van der Waals surface area (Å²) in [5, 5.41) is 1.39. The summed E-state index contributed by atoms with van der Waals surface area (Å²) in [6, 6.07) is 7.96. The highest BCUT2D eigenvalue weighted by Gasteiger charge is 2.10. The second-order valence-electron chi connectivity index (χ2n) is 3.89. The molecule has 1 heterocycles. The molecular weight excluding hydrogens is 271 g/mol. The Bertz CT molecular complexity index is 543.